The van der Waals surface area contributed by atoms with Crippen LogP contribution >= 0.6 is 23.2 Å². The second-order valence-electron chi connectivity index (χ2n) is 5.09. The molecule has 4 nitrogen and oxygen atoms in total. The fourth-order valence-electron chi connectivity index (χ4n) is 1.81. The van der Waals surface area contributed by atoms with E-state index in [4.69, 9.17) is 23.2 Å². The summed E-state index contributed by atoms with van der Waals surface area (Å²) in [5.74, 6) is -0.0445. The van der Waals surface area contributed by atoms with Crippen LogP contribution in [0.25, 0.3) is 0 Å². The van der Waals surface area contributed by atoms with E-state index >= 15 is 0 Å². The highest BCUT2D eigenvalue weighted by Gasteiger charge is 2.25. The van der Waals surface area contributed by atoms with Crippen LogP contribution in [-0.4, -0.2) is 29.6 Å². The summed E-state index contributed by atoms with van der Waals surface area (Å²) in [5.41, 5.74) is 0.557. The Morgan fingerprint density at radius 1 is 1.45 bits per heavy atom. The van der Waals surface area contributed by atoms with Crippen molar-refractivity contribution in [2.45, 2.75) is 38.0 Å². The molecule has 0 aliphatic heterocycles. The molecular formula is C14H18Cl2N2O2. The maximum absolute atomic E-state index is 11.8. The number of hydrogen-bond acceptors (Lipinski definition) is 3. The van der Waals surface area contributed by atoms with Crippen molar-refractivity contribution in [3.63, 3.8) is 0 Å². The van der Waals surface area contributed by atoms with Crippen LogP contribution in [0, 0.1) is 0 Å². The van der Waals surface area contributed by atoms with Gasteiger partial charge in [0.2, 0.25) is 5.91 Å². The normalized spacial score (nSPS) is 17.6. The van der Waals surface area contributed by atoms with E-state index in [1.807, 2.05) is 0 Å². The average Bonchev–Trinajstić information content (AvgIpc) is 3.22. The number of aliphatic hydroxyl groups is 1. The summed E-state index contributed by atoms with van der Waals surface area (Å²) in [4.78, 5) is 11.8. The molecule has 0 saturated heterocycles. The summed E-state index contributed by atoms with van der Waals surface area (Å²) in [6.07, 6.45) is 1.30. The Labute approximate surface area is 128 Å². The van der Waals surface area contributed by atoms with Crippen LogP contribution in [0.2, 0.25) is 10.0 Å². The van der Waals surface area contributed by atoms with E-state index in [1.165, 1.54) is 0 Å². The van der Waals surface area contributed by atoms with Crippen molar-refractivity contribution >= 4 is 29.1 Å². The first-order chi connectivity index (χ1) is 9.47. The molecule has 1 fully saturated rings. The molecule has 1 aromatic carbocycles. The smallest absolute Gasteiger partial charge is 0.237 e. The first-order valence-corrected chi connectivity index (χ1v) is 7.39. The molecule has 3 N–H and O–H groups in total. The van der Waals surface area contributed by atoms with Crippen LogP contribution in [0.3, 0.4) is 0 Å². The van der Waals surface area contributed by atoms with Gasteiger partial charge in [0.25, 0.3) is 0 Å². The number of nitrogens with one attached hydrogen (secondary N) is 2. The largest absolute Gasteiger partial charge is 0.387 e. The lowest BCUT2D eigenvalue weighted by atomic mass is 10.1. The summed E-state index contributed by atoms with van der Waals surface area (Å²) in [5, 5.41) is 17.0. The van der Waals surface area contributed by atoms with Crippen LogP contribution in [-0.2, 0) is 4.79 Å². The Hall–Kier alpha value is -0.810. The second kappa shape index (κ2) is 6.76. The molecule has 1 saturated carbocycles. The van der Waals surface area contributed by atoms with Gasteiger partial charge in [0, 0.05) is 28.2 Å². The number of halogens is 2. The molecule has 0 spiro atoms. The zero-order chi connectivity index (χ0) is 14.7. The van der Waals surface area contributed by atoms with Crippen molar-refractivity contribution in [2.75, 3.05) is 6.54 Å². The van der Waals surface area contributed by atoms with Gasteiger partial charge in [-0.05, 0) is 38.0 Å². The van der Waals surface area contributed by atoms with Crippen LogP contribution in [0.5, 0.6) is 0 Å². The molecular weight excluding hydrogens is 299 g/mol. The fourth-order valence-corrected chi connectivity index (χ4v) is 2.24. The molecule has 0 heterocycles. The first-order valence-electron chi connectivity index (χ1n) is 6.64. The van der Waals surface area contributed by atoms with Gasteiger partial charge in [-0.25, -0.2) is 0 Å². The van der Waals surface area contributed by atoms with Crippen LogP contribution < -0.4 is 10.6 Å². The molecule has 1 aliphatic carbocycles. The molecule has 2 unspecified atom stereocenters. The van der Waals surface area contributed by atoms with Crippen molar-refractivity contribution < 1.29 is 9.90 Å². The summed E-state index contributed by atoms with van der Waals surface area (Å²) < 4.78 is 0. The van der Waals surface area contributed by atoms with E-state index in [1.54, 1.807) is 25.1 Å². The number of benzene rings is 1. The van der Waals surface area contributed by atoms with Gasteiger partial charge in [-0.15, -0.1) is 0 Å². The molecule has 110 valence electrons. The number of carbonyl (C=O) groups excluding carboxylic acids is 1. The molecule has 1 amide bonds. The molecule has 0 bridgehead atoms. The molecule has 2 atom stereocenters. The van der Waals surface area contributed by atoms with Crippen molar-refractivity contribution in [2.24, 2.45) is 0 Å². The van der Waals surface area contributed by atoms with E-state index in [0.29, 0.717) is 21.7 Å². The quantitative estimate of drug-likeness (QED) is 0.754. The predicted molar refractivity (Wildman–Crippen MR) is 80.1 cm³/mol. The molecule has 20 heavy (non-hydrogen) atoms. The standard InChI is InChI=1S/C14H18Cl2N2O2/c1-8(14(20)18-10-3-4-10)17-7-13(19)11-6-9(15)2-5-12(11)16/h2,5-6,8,10,13,17,19H,3-4,7H2,1H3,(H,18,20). The second-order valence-corrected chi connectivity index (χ2v) is 5.94. The van der Waals surface area contributed by atoms with Crippen molar-refractivity contribution in [1.82, 2.24) is 10.6 Å². The van der Waals surface area contributed by atoms with Crippen molar-refractivity contribution in [3.8, 4) is 0 Å². The minimum absolute atomic E-state index is 0.0445. The molecule has 2 rings (SSSR count). The van der Waals surface area contributed by atoms with Gasteiger partial charge >= 0.3 is 0 Å². The molecule has 6 heteroatoms. The van der Waals surface area contributed by atoms with Gasteiger partial charge in [-0.1, -0.05) is 23.2 Å². The summed E-state index contributed by atoms with van der Waals surface area (Å²) in [6, 6.07) is 4.91. The fraction of sp³-hybridized carbons (Fsp3) is 0.500. The van der Waals surface area contributed by atoms with E-state index < -0.39 is 6.10 Å². The monoisotopic (exact) mass is 316 g/mol. The first kappa shape index (κ1) is 15.6. The lowest BCUT2D eigenvalue weighted by Crippen LogP contribution is -2.44. The number of amides is 1. The van der Waals surface area contributed by atoms with Crippen LogP contribution in [0.15, 0.2) is 18.2 Å². The molecule has 1 aliphatic rings. The number of carbonyl (C=O) groups is 1. The minimum atomic E-state index is -0.808. The SMILES string of the molecule is CC(NCC(O)c1cc(Cl)ccc1Cl)C(=O)NC1CC1. The zero-order valence-corrected chi connectivity index (χ0v) is 12.7. The maximum atomic E-state index is 11.8. The Bertz CT molecular complexity index is 492. The maximum Gasteiger partial charge on any atom is 0.237 e. The highest BCUT2D eigenvalue weighted by atomic mass is 35.5. The zero-order valence-electron chi connectivity index (χ0n) is 11.2. The predicted octanol–water partition coefficient (Wildman–Crippen LogP) is 2.28. The minimum Gasteiger partial charge on any atom is -0.387 e. The molecule has 0 radical (unpaired) electrons. The van der Waals surface area contributed by atoms with Gasteiger partial charge in [-0.2, -0.15) is 0 Å². The third kappa shape index (κ3) is 4.35. The van der Waals surface area contributed by atoms with E-state index in [0.717, 1.165) is 12.8 Å². The Morgan fingerprint density at radius 3 is 2.80 bits per heavy atom. The van der Waals surface area contributed by atoms with E-state index in [-0.39, 0.29) is 18.5 Å². The third-order valence-corrected chi connectivity index (χ3v) is 3.83. The average molecular weight is 317 g/mol. The number of rotatable bonds is 6. The van der Waals surface area contributed by atoms with Crippen LogP contribution in [0.1, 0.15) is 31.4 Å². The molecule has 0 aromatic heterocycles. The van der Waals surface area contributed by atoms with Gasteiger partial charge in [0.15, 0.2) is 0 Å². The summed E-state index contributed by atoms with van der Waals surface area (Å²) in [6.45, 7) is 2.00. The Morgan fingerprint density at radius 2 is 2.15 bits per heavy atom. The lowest BCUT2D eigenvalue weighted by Gasteiger charge is -2.18. The van der Waals surface area contributed by atoms with E-state index in [9.17, 15) is 9.90 Å². The van der Waals surface area contributed by atoms with E-state index in [2.05, 4.69) is 10.6 Å². The topological polar surface area (TPSA) is 61.4 Å². The van der Waals surface area contributed by atoms with Crippen LogP contribution in [0.4, 0.5) is 0 Å². The Balaban J connectivity index is 1.85. The number of aliphatic hydroxyl groups excluding tert-OH is 1. The van der Waals surface area contributed by atoms with Gasteiger partial charge in [0.1, 0.15) is 0 Å². The summed E-state index contributed by atoms with van der Waals surface area (Å²) in [7, 11) is 0. The third-order valence-electron chi connectivity index (χ3n) is 3.25. The lowest BCUT2D eigenvalue weighted by molar-refractivity contribution is -0.123. The molecule has 1 aromatic rings. The Kier molecular flexibility index (Phi) is 5.27. The van der Waals surface area contributed by atoms with Gasteiger partial charge in [0.05, 0.1) is 12.1 Å². The number of hydrogen-bond donors (Lipinski definition) is 3. The van der Waals surface area contributed by atoms with Gasteiger partial charge < -0.3 is 15.7 Å². The highest BCUT2D eigenvalue weighted by molar-refractivity contribution is 6.33. The highest BCUT2D eigenvalue weighted by Crippen LogP contribution is 2.26. The van der Waals surface area contributed by atoms with Crippen molar-refractivity contribution in [3.05, 3.63) is 33.8 Å². The summed E-state index contributed by atoms with van der Waals surface area (Å²) >= 11 is 11.9. The van der Waals surface area contributed by atoms with Crippen molar-refractivity contribution in [1.29, 1.82) is 0 Å². The van der Waals surface area contributed by atoms with Gasteiger partial charge in [-0.3, -0.25) is 4.79 Å².